The zero-order valence-electron chi connectivity index (χ0n) is 12.8. The number of halogens is 1. The first-order chi connectivity index (χ1) is 11.0. The molecule has 1 aliphatic carbocycles. The van der Waals surface area contributed by atoms with Gasteiger partial charge in [-0.2, -0.15) is 4.52 Å². The molecular formula is C16H15FN4O2. The van der Waals surface area contributed by atoms with E-state index < -0.39 is 5.82 Å². The van der Waals surface area contributed by atoms with Crippen LogP contribution in [0.5, 0.6) is 0 Å². The molecule has 1 fully saturated rings. The fourth-order valence-electron chi connectivity index (χ4n) is 2.60. The van der Waals surface area contributed by atoms with Crippen molar-refractivity contribution in [3.63, 3.8) is 0 Å². The first-order valence-corrected chi connectivity index (χ1v) is 7.54. The Labute approximate surface area is 131 Å². The summed E-state index contributed by atoms with van der Waals surface area (Å²) in [5.74, 6) is 1.46. The summed E-state index contributed by atoms with van der Waals surface area (Å²) in [5.41, 5.74) is 0.172. The molecule has 3 aromatic rings. The molecule has 0 saturated heterocycles. The van der Waals surface area contributed by atoms with E-state index in [1.807, 2.05) is 6.92 Å². The molecule has 4 rings (SSSR count). The van der Waals surface area contributed by atoms with Crippen LogP contribution in [-0.2, 0) is 11.2 Å². The van der Waals surface area contributed by atoms with Crippen LogP contribution in [-0.4, -0.2) is 25.4 Å². The molecule has 0 radical (unpaired) electrons. The second-order valence-electron chi connectivity index (χ2n) is 5.92. The van der Waals surface area contributed by atoms with Crippen molar-refractivity contribution in [2.75, 3.05) is 0 Å². The van der Waals surface area contributed by atoms with Crippen LogP contribution in [0.1, 0.15) is 30.1 Å². The highest BCUT2D eigenvalue weighted by molar-refractivity contribution is 5.85. The maximum absolute atomic E-state index is 14.7. The molecule has 0 aromatic carbocycles. The number of carbonyl (C=O) groups is 1. The zero-order chi connectivity index (χ0) is 16.1. The summed E-state index contributed by atoms with van der Waals surface area (Å²) in [6.45, 7) is 3.49. The zero-order valence-corrected chi connectivity index (χ0v) is 12.8. The molecule has 23 heavy (non-hydrogen) atoms. The quantitative estimate of drug-likeness (QED) is 0.740. The van der Waals surface area contributed by atoms with E-state index in [2.05, 4.69) is 15.1 Å². The van der Waals surface area contributed by atoms with Crippen LogP contribution >= 0.6 is 0 Å². The van der Waals surface area contributed by atoms with Crippen LogP contribution < -0.4 is 0 Å². The van der Waals surface area contributed by atoms with E-state index in [9.17, 15) is 9.18 Å². The lowest BCUT2D eigenvalue weighted by molar-refractivity contribution is -0.119. The Kier molecular flexibility index (Phi) is 3.04. The number of carbonyl (C=O) groups excluding carboxylic acids is 1. The highest BCUT2D eigenvalue weighted by atomic mass is 19.1. The van der Waals surface area contributed by atoms with Crippen molar-refractivity contribution >= 4 is 11.4 Å². The van der Waals surface area contributed by atoms with Crippen LogP contribution in [0, 0.1) is 25.6 Å². The Morgan fingerprint density at radius 3 is 2.78 bits per heavy atom. The maximum atomic E-state index is 14.7. The van der Waals surface area contributed by atoms with E-state index in [-0.39, 0.29) is 29.5 Å². The van der Waals surface area contributed by atoms with Crippen LogP contribution in [0.2, 0.25) is 0 Å². The summed E-state index contributed by atoms with van der Waals surface area (Å²) in [5, 5.41) is 4.19. The molecular weight excluding hydrogens is 299 g/mol. The summed E-state index contributed by atoms with van der Waals surface area (Å²) in [7, 11) is 0. The smallest absolute Gasteiger partial charge is 0.199 e. The molecule has 0 bridgehead atoms. The number of ketones is 1. The van der Waals surface area contributed by atoms with Crippen molar-refractivity contribution in [2.45, 2.75) is 33.1 Å². The minimum absolute atomic E-state index is 0.0222. The molecule has 0 spiro atoms. The van der Waals surface area contributed by atoms with Gasteiger partial charge in [0.2, 0.25) is 0 Å². The summed E-state index contributed by atoms with van der Waals surface area (Å²) in [6.07, 6.45) is 1.75. The number of nitrogens with zero attached hydrogens (tertiary/aromatic N) is 4. The summed E-state index contributed by atoms with van der Waals surface area (Å²) < 4.78 is 21.6. The molecule has 7 heteroatoms. The number of Topliss-reactive ketones (excluding diaryl/α,β-unsaturated/α-hetero) is 1. The SMILES string of the molecule is Cc1nc2c(F)c(CC(=O)C3CC3)nc(-c3ccc(C)o3)n2n1. The number of furan rings is 1. The van der Waals surface area contributed by atoms with E-state index in [1.54, 1.807) is 19.1 Å². The minimum atomic E-state index is -0.591. The van der Waals surface area contributed by atoms with Gasteiger partial charge in [-0.05, 0) is 38.8 Å². The first-order valence-electron chi connectivity index (χ1n) is 7.54. The van der Waals surface area contributed by atoms with E-state index in [4.69, 9.17) is 4.42 Å². The van der Waals surface area contributed by atoms with Crippen molar-refractivity contribution in [3.8, 4) is 11.6 Å². The van der Waals surface area contributed by atoms with Crippen LogP contribution in [0.25, 0.3) is 17.2 Å². The average Bonchev–Trinajstić information content (AvgIpc) is 3.17. The number of aryl methyl sites for hydroxylation is 2. The monoisotopic (exact) mass is 314 g/mol. The molecule has 0 aliphatic heterocycles. The van der Waals surface area contributed by atoms with Crippen LogP contribution in [0.4, 0.5) is 4.39 Å². The highest BCUT2D eigenvalue weighted by Crippen LogP contribution is 2.31. The standard InChI is InChI=1S/C16H15FN4O2/c1-8-3-6-13(23-8)15-19-11(7-12(22)10-4-5-10)14(17)16-18-9(2)20-21(15)16/h3,6,10H,4-5,7H2,1-2H3. The van der Waals surface area contributed by atoms with Crippen molar-refractivity contribution in [2.24, 2.45) is 5.92 Å². The summed E-state index contributed by atoms with van der Waals surface area (Å²) in [6, 6.07) is 3.55. The number of hydrogen-bond donors (Lipinski definition) is 0. The fourth-order valence-corrected chi connectivity index (χ4v) is 2.60. The second kappa shape index (κ2) is 4.97. The van der Waals surface area contributed by atoms with Gasteiger partial charge in [0.05, 0.1) is 12.1 Å². The van der Waals surface area contributed by atoms with Gasteiger partial charge in [0.25, 0.3) is 0 Å². The molecule has 0 unspecified atom stereocenters. The predicted molar refractivity (Wildman–Crippen MR) is 79.4 cm³/mol. The number of hydrogen-bond acceptors (Lipinski definition) is 5. The van der Waals surface area contributed by atoms with Gasteiger partial charge in [0.15, 0.2) is 23.0 Å². The first kappa shape index (κ1) is 14.0. The Hall–Kier alpha value is -2.57. The summed E-state index contributed by atoms with van der Waals surface area (Å²) in [4.78, 5) is 20.5. The van der Waals surface area contributed by atoms with E-state index in [1.165, 1.54) is 4.52 Å². The third kappa shape index (κ3) is 2.42. The third-order valence-electron chi connectivity index (χ3n) is 3.94. The normalized spacial score (nSPS) is 14.6. The Bertz CT molecular complexity index is 924. The molecule has 0 N–H and O–H groups in total. The average molecular weight is 314 g/mol. The van der Waals surface area contributed by atoms with Crippen molar-refractivity contribution in [3.05, 3.63) is 35.2 Å². The Balaban J connectivity index is 1.89. The number of fused-ring (bicyclic) bond motifs is 1. The van der Waals surface area contributed by atoms with Crippen molar-refractivity contribution < 1.29 is 13.6 Å². The van der Waals surface area contributed by atoms with Gasteiger partial charge in [-0.3, -0.25) is 4.79 Å². The topological polar surface area (TPSA) is 73.3 Å². The minimum Gasteiger partial charge on any atom is -0.458 e. The number of aromatic nitrogens is 4. The molecule has 118 valence electrons. The predicted octanol–water partition coefficient (Wildman–Crippen LogP) is 2.66. The van der Waals surface area contributed by atoms with Gasteiger partial charge in [-0.25, -0.2) is 14.4 Å². The highest BCUT2D eigenvalue weighted by Gasteiger charge is 2.31. The van der Waals surface area contributed by atoms with Crippen LogP contribution in [0.15, 0.2) is 16.5 Å². The van der Waals surface area contributed by atoms with Gasteiger partial charge >= 0.3 is 0 Å². The lowest BCUT2D eigenvalue weighted by Crippen LogP contribution is -2.12. The largest absolute Gasteiger partial charge is 0.458 e. The van der Waals surface area contributed by atoms with Gasteiger partial charge in [-0.15, -0.1) is 5.10 Å². The summed E-state index contributed by atoms with van der Waals surface area (Å²) >= 11 is 0. The Morgan fingerprint density at radius 1 is 1.35 bits per heavy atom. The molecule has 0 amide bonds. The van der Waals surface area contributed by atoms with E-state index in [0.717, 1.165) is 12.8 Å². The van der Waals surface area contributed by atoms with Crippen molar-refractivity contribution in [1.82, 2.24) is 19.6 Å². The molecule has 3 heterocycles. The van der Waals surface area contributed by atoms with E-state index in [0.29, 0.717) is 23.2 Å². The van der Waals surface area contributed by atoms with Gasteiger partial charge in [0, 0.05) is 5.92 Å². The Morgan fingerprint density at radius 2 is 2.13 bits per heavy atom. The molecule has 3 aromatic heterocycles. The van der Waals surface area contributed by atoms with Gasteiger partial charge < -0.3 is 4.42 Å². The van der Waals surface area contributed by atoms with Crippen molar-refractivity contribution in [1.29, 1.82) is 0 Å². The molecule has 0 atom stereocenters. The van der Waals surface area contributed by atoms with E-state index >= 15 is 0 Å². The van der Waals surface area contributed by atoms with Crippen LogP contribution in [0.3, 0.4) is 0 Å². The number of rotatable bonds is 4. The fraction of sp³-hybridized carbons (Fsp3) is 0.375. The van der Waals surface area contributed by atoms with Gasteiger partial charge in [-0.1, -0.05) is 0 Å². The second-order valence-corrected chi connectivity index (χ2v) is 5.92. The van der Waals surface area contributed by atoms with Gasteiger partial charge in [0.1, 0.15) is 17.4 Å². The molecule has 1 aliphatic rings. The molecule has 6 nitrogen and oxygen atoms in total. The lowest BCUT2D eigenvalue weighted by Gasteiger charge is -2.06. The maximum Gasteiger partial charge on any atom is 0.199 e. The third-order valence-corrected chi connectivity index (χ3v) is 3.94. The lowest BCUT2D eigenvalue weighted by atomic mass is 10.1. The molecule has 1 saturated carbocycles.